The molecule has 1 fully saturated rings. The topological polar surface area (TPSA) is 75.5 Å². The monoisotopic (exact) mass is 295 g/mol. The molecule has 1 aliphatic heterocycles. The van der Waals surface area contributed by atoms with Crippen molar-refractivity contribution in [1.82, 2.24) is 5.32 Å². The molecule has 0 aliphatic carbocycles. The number of carbonyl (C=O) groups excluding carboxylic acids is 1. The average molecular weight is 295 g/mol. The number of nitro benzene ring substituents is 1. The van der Waals surface area contributed by atoms with Crippen LogP contribution in [0, 0.1) is 15.9 Å². The minimum atomic E-state index is -0.922. The average Bonchev–Trinajstić information content (AvgIpc) is 2.45. The van der Waals surface area contributed by atoms with E-state index >= 15 is 0 Å². The zero-order chi connectivity index (χ0) is 15.4. The predicted octanol–water partition coefficient (Wildman–Crippen LogP) is 2.23. The van der Waals surface area contributed by atoms with E-state index in [9.17, 15) is 19.3 Å². The third-order valence-electron chi connectivity index (χ3n) is 3.52. The normalized spacial score (nSPS) is 18.9. The van der Waals surface area contributed by atoms with E-state index in [0.717, 1.165) is 37.9 Å². The first-order valence-corrected chi connectivity index (χ1v) is 7.03. The van der Waals surface area contributed by atoms with Gasteiger partial charge in [0.05, 0.1) is 11.0 Å². The molecule has 0 aromatic heterocycles. The number of anilines is 1. The molecule has 6 nitrogen and oxygen atoms in total. The van der Waals surface area contributed by atoms with Gasteiger partial charge < -0.3 is 10.2 Å². The molecular formula is C14H18FN3O3. The van der Waals surface area contributed by atoms with Gasteiger partial charge in [0, 0.05) is 24.4 Å². The molecule has 1 aromatic rings. The van der Waals surface area contributed by atoms with Crippen molar-refractivity contribution in [2.45, 2.75) is 32.2 Å². The number of benzene rings is 1. The molecule has 1 aromatic carbocycles. The fraction of sp³-hybridized carbons (Fsp3) is 0.500. The lowest BCUT2D eigenvalue weighted by Crippen LogP contribution is -2.51. The van der Waals surface area contributed by atoms with Crippen LogP contribution in [0.2, 0.25) is 0 Å². The SMILES string of the molecule is CCCNC1CCCN(c2ccc([N+](=O)[O-])c(F)c2)C1=O. The first-order valence-electron chi connectivity index (χ1n) is 7.03. The van der Waals surface area contributed by atoms with Gasteiger partial charge in [-0.2, -0.15) is 4.39 Å². The second kappa shape index (κ2) is 6.62. The van der Waals surface area contributed by atoms with Crippen LogP contribution in [0.15, 0.2) is 18.2 Å². The molecule has 0 radical (unpaired) electrons. The summed E-state index contributed by atoms with van der Waals surface area (Å²) in [7, 11) is 0. The zero-order valence-corrected chi connectivity index (χ0v) is 11.8. The van der Waals surface area contributed by atoms with Crippen LogP contribution >= 0.6 is 0 Å². The summed E-state index contributed by atoms with van der Waals surface area (Å²) in [6.07, 6.45) is 2.49. The minimum absolute atomic E-state index is 0.108. The highest BCUT2D eigenvalue weighted by molar-refractivity contribution is 5.98. The maximum absolute atomic E-state index is 13.7. The lowest BCUT2D eigenvalue weighted by molar-refractivity contribution is -0.387. The third kappa shape index (κ3) is 3.36. The summed E-state index contributed by atoms with van der Waals surface area (Å²) in [5.74, 6) is -1.03. The van der Waals surface area contributed by atoms with Gasteiger partial charge in [-0.1, -0.05) is 6.92 Å². The molecule has 1 atom stereocenters. The summed E-state index contributed by atoms with van der Waals surface area (Å²) < 4.78 is 13.7. The van der Waals surface area contributed by atoms with Crippen molar-refractivity contribution < 1.29 is 14.1 Å². The molecule has 21 heavy (non-hydrogen) atoms. The number of nitrogens with zero attached hydrogens (tertiary/aromatic N) is 2. The summed E-state index contributed by atoms with van der Waals surface area (Å²) in [6.45, 7) is 3.27. The van der Waals surface area contributed by atoms with Gasteiger partial charge in [-0.15, -0.1) is 0 Å². The molecule has 114 valence electrons. The molecule has 1 heterocycles. The van der Waals surface area contributed by atoms with Crippen LogP contribution in [0.1, 0.15) is 26.2 Å². The van der Waals surface area contributed by atoms with Crippen molar-refractivity contribution >= 4 is 17.3 Å². The van der Waals surface area contributed by atoms with Gasteiger partial charge in [0.25, 0.3) is 0 Å². The van der Waals surface area contributed by atoms with Crippen LogP contribution in [0.4, 0.5) is 15.8 Å². The summed E-state index contributed by atoms with van der Waals surface area (Å²) >= 11 is 0. The second-order valence-corrected chi connectivity index (χ2v) is 5.03. The number of rotatable bonds is 5. The van der Waals surface area contributed by atoms with Crippen molar-refractivity contribution in [2.24, 2.45) is 0 Å². The number of nitrogens with one attached hydrogen (secondary N) is 1. The van der Waals surface area contributed by atoms with Crippen LogP contribution in [0.25, 0.3) is 0 Å². The first-order chi connectivity index (χ1) is 10.0. The Bertz CT molecular complexity index is 550. The molecule has 1 amide bonds. The van der Waals surface area contributed by atoms with Gasteiger partial charge in [0.15, 0.2) is 0 Å². The van der Waals surface area contributed by atoms with Crippen LogP contribution in [0.5, 0.6) is 0 Å². The fourth-order valence-electron chi connectivity index (χ4n) is 2.45. The Kier molecular flexibility index (Phi) is 4.85. The second-order valence-electron chi connectivity index (χ2n) is 5.03. The summed E-state index contributed by atoms with van der Waals surface area (Å²) in [5, 5.41) is 13.8. The Morgan fingerprint density at radius 1 is 1.52 bits per heavy atom. The molecule has 0 spiro atoms. The molecule has 7 heteroatoms. The van der Waals surface area contributed by atoms with Crippen molar-refractivity contribution in [3.8, 4) is 0 Å². The molecular weight excluding hydrogens is 277 g/mol. The van der Waals surface area contributed by atoms with E-state index in [1.807, 2.05) is 6.92 Å². The van der Waals surface area contributed by atoms with E-state index in [-0.39, 0.29) is 11.9 Å². The molecule has 2 rings (SSSR count). The zero-order valence-electron chi connectivity index (χ0n) is 11.8. The van der Waals surface area contributed by atoms with Gasteiger partial charge in [-0.25, -0.2) is 0 Å². The lowest BCUT2D eigenvalue weighted by atomic mass is 10.0. The standard InChI is InChI=1S/C14H18FN3O3/c1-2-7-16-12-4-3-8-17(14(12)19)10-5-6-13(18(20)21)11(15)9-10/h5-6,9,12,16H,2-4,7-8H2,1H3. The number of halogens is 1. The van der Waals surface area contributed by atoms with E-state index in [4.69, 9.17) is 0 Å². The van der Waals surface area contributed by atoms with Crippen molar-refractivity contribution in [1.29, 1.82) is 0 Å². The maximum atomic E-state index is 13.7. The summed E-state index contributed by atoms with van der Waals surface area (Å²) in [5.41, 5.74) is -0.213. The van der Waals surface area contributed by atoms with E-state index in [1.165, 1.54) is 11.0 Å². The smallest absolute Gasteiger partial charge is 0.304 e. The number of amides is 1. The Labute approximate surface area is 122 Å². The van der Waals surface area contributed by atoms with Crippen LogP contribution in [-0.2, 0) is 4.79 Å². The Morgan fingerprint density at radius 2 is 2.29 bits per heavy atom. The van der Waals surface area contributed by atoms with Gasteiger partial charge in [0.2, 0.25) is 11.7 Å². The number of hydrogen-bond donors (Lipinski definition) is 1. The van der Waals surface area contributed by atoms with E-state index in [1.54, 1.807) is 0 Å². The van der Waals surface area contributed by atoms with Crippen molar-refractivity contribution in [3.63, 3.8) is 0 Å². The highest BCUT2D eigenvalue weighted by atomic mass is 19.1. The van der Waals surface area contributed by atoms with Gasteiger partial charge in [0.1, 0.15) is 0 Å². The minimum Gasteiger partial charge on any atom is -0.311 e. The van der Waals surface area contributed by atoms with Gasteiger partial charge >= 0.3 is 5.69 Å². The Balaban J connectivity index is 2.18. The molecule has 1 aliphatic rings. The van der Waals surface area contributed by atoms with Gasteiger partial charge in [-0.3, -0.25) is 14.9 Å². The van der Waals surface area contributed by atoms with E-state index < -0.39 is 16.4 Å². The predicted molar refractivity (Wildman–Crippen MR) is 76.7 cm³/mol. The number of piperidine rings is 1. The molecule has 1 N–H and O–H groups in total. The quantitative estimate of drug-likeness (QED) is 0.667. The highest BCUT2D eigenvalue weighted by Gasteiger charge is 2.30. The van der Waals surface area contributed by atoms with Crippen LogP contribution < -0.4 is 10.2 Å². The lowest BCUT2D eigenvalue weighted by Gasteiger charge is -2.32. The summed E-state index contributed by atoms with van der Waals surface area (Å²) in [4.78, 5) is 23.7. The van der Waals surface area contributed by atoms with Crippen LogP contribution in [0.3, 0.4) is 0 Å². The van der Waals surface area contributed by atoms with Crippen molar-refractivity contribution in [2.75, 3.05) is 18.0 Å². The highest BCUT2D eigenvalue weighted by Crippen LogP contribution is 2.26. The van der Waals surface area contributed by atoms with E-state index in [2.05, 4.69) is 5.32 Å². The molecule has 1 unspecified atom stereocenters. The summed E-state index contributed by atoms with van der Waals surface area (Å²) in [6, 6.07) is 3.30. The number of hydrogen-bond acceptors (Lipinski definition) is 4. The van der Waals surface area contributed by atoms with Crippen LogP contribution in [-0.4, -0.2) is 30.0 Å². The van der Waals surface area contributed by atoms with Crippen molar-refractivity contribution in [3.05, 3.63) is 34.1 Å². The molecule has 0 saturated carbocycles. The first kappa shape index (κ1) is 15.4. The number of carbonyl (C=O) groups is 1. The molecule has 1 saturated heterocycles. The largest absolute Gasteiger partial charge is 0.311 e. The maximum Gasteiger partial charge on any atom is 0.304 e. The Morgan fingerprint density at radius 3 is 2.90 bits per heavy atom. The fourth-order valence-corrected chi connectivity index (χ4v) is 2.45. The van der Waals surface area contributed by atoms with E-state index in [0.29, 0.717) is 12.2 Å². The third-order valence-corrected chi connectivity index (χ3v) is 3.52. The molecule has 0 bridgehead atoms. The number of nitro groups is 1. The Hall–Kier alpha value is -2.02. The van der Waals surface area contributed by atoms with Gasteiger partial charge in [-0.05, 0) is 31.9 Å².